The Balaban J connectivity index is 2.70. The molecular formula is C12H15NO5. The highest BCUT2D eigenvalue weighted by Gasteiger charge is 2.09. The fourth-order valence-corrected chi connectivity index (χ4v) is 1.41. The van der Waals surface area contributed by atoms with Gasteiger partial charge in [-0.1, -0.05) is 0 Å². The van der Waals surface area contributed by atoms with Crippen molar-refractivity contribution in [3.63, 3.8) is 0 Å². The minimum atomic E-state index is -1.16. The Bertz CT molecular complexity index is 444. The maximum Gasteiger partial charge on any atom is 0.312 e. The van der Waals surface area contributed by atoms with Gasteiger partial charge in [-0.3, -0.25) is 9.59 Å². The van der Waals surface area contributed by atoms with Gasteiger partial charge in [0.2, 0.25) is 5.91 Å². The third kappa shape index (κ3) is 3.97. The minimum Gasteiger partial charge on any atom is -0.497 e. The van der Waals surface area contributed by atoms with Crippen LogP contribution in [0.15, 0.2) is 18.2 Å². The molecule has 0 aliphatic heterocycles. The molecule has 98 valence electrons. The molecule has 6 nitrogen and oxygen atoms in total. The van der Waals surface area contributed by atoms with Gasteiger partial charge in [-0.25, -0.2) is 0 Å². The number of ether oxygens (including phenoxy) is 2. The number of carboxylic acids is 1. The summed E-state index contributed by atoms with van der Waals surface area (Å²) in [4.78, 5) is 21.6. The summed E-state index contributed by atoms with van der Waals surface area (Å²) in [6.07, 6.45) is -0.549. The van der Waals surface area contributed by atoms with Crippen LogP contribution in [-0.4, -0.2) is 31.2 Å². The lowest BCUT2D eigenvalue weighted by Crippen LogP contribution is -2.25. The van der Waals surface area contributed by atoms with Gasteiger partial charge in [0.25, 0.3) is 0 Å². The molecule has 6 heteroatoms. The first-order chi connectivity index (χ1) is 8.56. The Kier molecular flexibility index (Phi) is 4.98. The van der Waals surface area contributed by atoms with E-state index in [1.807, 2.05) is 0 Å². The number of aliphatic carboxylic acids is 1. The first kappa shape index (κ1) is 13.8. The van der Waals surface area contributed by atoms with Gasteiger partial charge in [0.05, 0.1) is 14.2 Å². The van der Waals surface area contributed by atoms with Crippen molar-refractivity contribution < 1.29 is 24.2 Å². The van der Waals surface area contributed by atoms with E-state index in [1.165, 1.54) is 14.2 Å². The van der Waals surface area contributed by atoms with E-state index in [4.69, 9.17) is 14.6 Å². The highest BCUT2D eigenvalue weighted by atomic mass is 16.5. The monoisotopic (exact) mass is 253 g/mol. The highest BCUT2D eigenvalue weighted by Crippen LogP contribution is 2.23. The highest BCUT2D eigenvalue weighted by molar-refractivity contribution is 5.93. The number of carbonyl (C=O) groups is 2. The maximum absolute atomic E-state index is 11.2. The Labute approximate surface area is 105 Å². The second-order valence-electron chi connectivity index (χ2n) is 3.53. The number of carbonyl (C=O) groups excluding carboxylic acids is 1. The van der Waals surface area contributed by atoms with Crippen LogP contribution in [0.1, 0.15) is 12.0 Å². The molecule has 0 atom stereocenters. The van der Waals surface area contributed by atoms with E-state index in [-0.39, 0.29) is 6.54 Å². The zero-order valence-electron chi connectivity index (χ0n) is 10.2. The standard InChI is InChI=1S/C12H15NO5/c1-17-9-3-4-10(18-2)8(5-9)7-13-11(14)6-12(15)16/h3-5H,6-7H2,1-2H3,(H,13,14)(H,15,16). The Morgan fingerprint density at radius 1 is 1.28 bits per heavy atom. The summed E-state index contributed by atoms with van der Waals surface area (Å²) < 4.78 is 10.2. The molecule has 1 rings (SSSR count). The molecule has 1 amide bonds. The first-order valence-corrected chi connectivity index (χ1v) is 5.26. The van der Waals surface area contributed by atoms with Crippen LogP contribution in [-0.2, 0) is 16.1 Å². The van der Waals surface area contributed by atoms with Gasteiger partial charge in [0.15, 0.2) is 0 Å². The fraction of sp³-hybridized carbons (Fsp3) is 0.333. The number of benzene rings is 1. The number of amides is 1. The summed E-state index contributed by atoms with van der Waals surface area (Å²) >= 11 is 0. The van der Waals surface area contributed by atoms with Crippen molar-refractivity contribution in [1.82, 2.24) is 5.32 Å². The van der Waals surface area contributed by atoms with Crippen LogP contribution in [0, 0.1) is 0 Å². The molecule has 0 saturated carbocycles. The Morgan fingerprint density at radius 2 is 2.00 bits per heavy atom. The second-order valence-corrected chi connectivity index (χ2v) is 3.53. The van der Waals surface area contributed by atoms with Crippen LogP contribution in [0.25, 0.3) is 0 Å². The van der Waals surface area contributed by atoms with E-state index in [9.17, 15) is 9.59 Å². The number of nitrogens with one attached hydrogen (secondary N) is 1. The van der Waals surface area contributed by atoms with Crippen molar-refractivity contribution in [3.8, 4) is 11.5 Å². The molecule has 0 unspecified atom stereocenters. The van der Waals surface area contributed by atoms with Gasteiger partial charge in [0, 0.05) is 12.1 Å². The van der Waals surface area contributed by atoms with Crippen LogP contribution in [0.3, 0.4) is 0 Å². The van der Waals surface area contributed by atoms with Crippen molar-refractivity contribution in [1.29, 1.82) is 0 Å². The summed E-state index contributed by atoms with van der Waals surface area (Å²) in [5.74, 6) is -0.470. The zero-order chi connectivity index (χ0) is 13.5. The summed E-state index contributed by atoms with van der Waals surface area (Å²) in [5.41, 5.74) is 0.718. The lowest BCUT2D eigenvalue weighted by molar-refractivity contribution is -0.140. The van der Waals surface area contributed by atoms with Gasteiger partial charge < -0.3 is 19.9 Å². The van der Waals surface area contributed by atoms with Gasteiger partial charge in [0.1, 0.15) is 17.9 Å². The molecule has 0 saturated heterocycles. The van der Waals surface area contributed by atoms with Crippen LogP contribution in [0.4, 0.5) is 0 Å². The van der Waals surface area contributed by atoms with E-state index in [1.54, 1.807) is 18.2 Å². The predicted molar refractivity (Wildman–Crippen MR) is 63.6 cm³/mol. The molecule has 0 aromatic heterocycles. The molecule has 0 spiro atoms. The molecule has 0 aliphatic rings. The minimum absolute atomic E-state index is 0.187. The smallest absolute Gasteiger partial charge is 0.312 e. The normalized spacial score (nSPS) is 9.67. The fourth-order valence-electron chi connectivity index (χ4n) is 1.41. The molecule has 0 heterocycles. The van der Waals surface area contributed by atoms with E-state index in [0.29, 0.717) is 11.5 Å². The molecule has 18 heavy (non-hydrogen) atoms. The lowest BCUT2D eigenvalue weighted by atomic mass is 10.2. The molecule has 0 fully saturated rings. The Hall–Kier alpha value is -2.24. The number of carboxylic acid groups (broad SMARTS) is 1. The summed E-state index contributed by atoms with van der Waals surface area (Å²) in [7, 11) is 3.05. The number of methoxy groups -OCH3 is 2. The second kappa shape index (κ2) is 6.48. The van der Waals surface area contributed by atoms with Gasteiger partial charge >= 0.3 is 5.97 Å². The van der Waals surface area contributed by atoms with E-state index in [2.05, 4.69) is 5.32 Å². The molecular weight excluding hydrogens is 238 g/mol. The van der Waals surface area contributed by atoms with Crippen LogP contribution in [0.2, 0.25) is 0 Å². The molecule has 2 N–H and O–H groups in total. The van der Waals surface area contributed by atoms with Crippen LogP contribution in [0.5, 0.6) is 11.5 Å². The quantitative estimate of drug-likeness (QED) is 0.732. The van der Waals surface area contributed by atoms with Gasteiger partial charge in [-0.15, -0.1) is 0 Å². The van der Waals surface area contributed by atoms with Crippen molar-refractivity contribution in [3.05, 3.63) is 23.8 Å². The summed E-state index contributed by atoms with van der Waals surface area (Å²) in [5, 5.41) is 11.0. The van der Waals surface area contributed by atoms with Crippen LogP contribution >= 0.6 is 0 Å². The van der Waals surface area contributed by atoms with E-state index >= 15 is 0 Å². The SMILES string of the molecule is COc1ccc(OC)c(CNC(=O)CC(=O)O)c1. The first-order valence-electron chi connectivity index (χ1n) is 5.26. The van der Waals surface area contributed by atoms with Crippen molar-refractivity contribution in [2.45, 2.75) is 13.0 Å². The third-order valence-electron chi connectivity index (χ3n) is 2.28. The lowest BCUT2D eigenvalue weighted by Gasteiger charge is -2.11. The topological polar surface area (TPSA) is 84.9 Å². The van der Waals surface area contributed by atoms with Crippen molar-refractivity contribution in [2.24, 2.45) is 0 Å². The average molecular weight is 253 g/mol. The van der Waals surface area contributed by atoms with E-state index < -0.39 is 18.3 Å². The number of hydrogen-bond donors (Lipinski definition) is 2. The molecule has 0 radical (unpaired) electrons. The van der Waals surface area contributed by atoms with Crippen LogP contribution < -0.4 is 14.8 Å². The molecule has 1 aromatic carbocycles. The van der Waals surface area contributed by atoms with Gasteiger partial charge in [-0.05, 0) is 18.2 Å². The predicted octanol–water partition coefficient (Wildman–Crippen LogP) is 0.795. The summed E-state index contributed by atoms with van der Waals surface area (Å²) in [6, 6.07) is 5.18. The van der Waals surface area contributed by atoms with E-state index in [0.717, 1.165) is 5.56 Å². The number of hydrogen-bond acceptors (Lipinski definition) is 4. The van der Waals surface area contributed by atoms with Crippen molar-refractivity contribution >= 4 is 11.9 Å². The molecule has 0 aliphatic carbocycles. The number of rotatable bonds is 6. The van der Waals surface area contributed by atoms with Crippen molar-refractivity contribution in [2.75, 3.05) is 14.2 Å². The summed E-state index contributed by atoms with van der Waals surface area (Å²) in [6.45, 7) is 0.187. The molecule has 0 bridgehead atoms. The zero-order valence-corrected chi connectivity index (χ0v) is 10.2. The Morgan fingerprint density at radius 3 is 2.56 bits per heavy atom. The average Bonchev–Trinajstić information content (AvgIpc) is 2.35. The molecule has 1 aromatic rings. The van der Waals surface area contributed by atoms with Gasteiger partial charge in [-0.2, -0.15) is 0 Å². The third-order valence-corrected chi connectivity index (χ3v) is 2.28. The largest absolute Gasteiger partial charge is 0.497 e. The maximum atomic E-state index is 11.2.